The van der Waals surface area contributed by atoms with Gasteiger partial charge in [0.05, 0.1) is 11.4 Å². The molecule has 56 heavy (non-hydrogen) atoms. The first kappa shape index (κ1) is 32.0. The molecule has 0 atom stereocenters. The predicted octanol–water partition coefficient (Wildman–Crippen LogP) is 15.5. The van der Waals surface area contributed by atoms with Crippen LogP contribution in [0.25, 0.3) is 87.6 Å². The summed E-state index contributed by atoms with van der Waals surface area (Å²) in [4.78, 5) is 2.44. The summed E-state index contributed by atoms with van der Waals surface area (Å²) < 4.78 is 6.52. The zero-order valence-corrected chi connectivity index (χ0v) is 30.6. The Bertz CT molecular complexity index is 3230. The van der Waals surface area contributed by atoms with Gasteiger partial charge < -0.3 is 9.32 Å². The second-order valence-electron chi connectivity index (χ2n) is 14.5. The van der Waals surface area contributed by atoms with E-state index in [4.69, 9.17) is 4.42 Å². The SMILES string of the molecule is c1ccc(-c2ccc(-c3ccc(N(c4ccc5c(c4)oc4ccccc45)c4cc5ccccc5c5ccccc45)c4ccc(-c5ccccc5)cc34)cc2)cc1. The van der Waals surface area contributed by atoms with Crippen LogP contribution in [0.15, 0.2) is 217 Å². The summed E-state index contributed by atoms with van der Waals surface area (Å²) in [5.74, 6) is 0. The fourth-order valence-electron chi connectivity index (χ4n) is 8.54. The summed E-state index contributed by atoms with van der Waals surface area (Å²) in [6.07, 6.45) is 0. The molecule has 11 aromatic rings. The quantitative estimate of drug-likeness (QED) is 0.160. The summed E-state index contributed by atoms with van der Waals surface area (Å²) in [6.45, 7) is 0. The van der Waals surface area contributed by atoms with E-state index in [0.717, 1.165) is 44.4 Å². The number of rotatable bonds is 6. The Morgan fingerprint density at radius 2 is 0.839 bits per heavy atom. The number of furan rings is 1. The molecule has 0 aliphatic heterocycles. The Balaban J connectivity index is 1.19. The zero-order valence-electron chi connectivity index (χ0n) is 30.6. The lowest BCUT2D eigenvalue weighted by Gasteiger charge is -2.29. The summed E-state index contributed by atoms with van der Waals surface area (Å²) in [5, 5.41) is 9.44. The monoisotopic (exact) mass is 713 g/mol. The first-order valence-corrected chi connectivity index (χ1v) is 19.2. The molecule has 0 fully saturated rings. The standard InChI is InChI=1S/C54H35NO/c1-3-13-36(14-4-1)38-23-25-39(26-24-38)44-31-32-51(47-29-27-40(33-50(44)47)37-15-5-2-6-16-37)55(42-28-30-49-48-21-11-12-22-53(48)56-54(49)35-42)52-34-41-17-7-8-18-43(41)45-19-9-10-20-46(45)52/h1-35H. The molecule has 2 nitrogen and oxygen atoms in total. The van der Waals surface area contributed by atoms with Crippen molar-refractivity contribution in [2.75, 3.05) is 4.90 Å². The number of anilines is 3. The van der Waals surface area contributed by atoms with Crippen LogP contribution in [0.4, 0.5) is 17.1 Å². The maximum atomic E-state index is 6.52. The van der Waals surface area contributed by atoms with Crippen LogP contribution in [0.2, 0.25) is 0 Å². The first-order chi connectivity index (χ1) is 27.8. The van der Waals surface area contributed by atoms with Gasteiger partial charge in [0.1, 0.15) is 11.2 Å². The highest BCUT2D eigenvalue weighted by atomic mass is 16.3. The van der Waals surface area contributed by atoms with Gasteiger partial charge in [0.25, 0.3) is 0 Å². The topological polar surface area (TPSA) is 16.4 Å². The smallest absolute Gasteiger partial charge is 0.137 e. The van der Waals surface area contributed by atoms with Crippen molar-refractivity contribution in [2.45, 2.75) is 0 Å². The lowest BCUT2D eigenvalue weighted by atomic mass is 9.92. The number of para-hydroxylation sites is 1. The highest BCUT2D eigenvalue weighted by Gasteiger charge is 2.22. The van der Waals surface area contributed by atoms with Crippen molar-refractivity contribution in [2.24, 2.45) is 0 Å². The van der Waals surface area contributed by atoms with Gasteiger partial charge in [-0.3, -0.25) is 0 Å². The molecule has 0 N–H and O–H groups in total. The number of nitrogens with zero attached hydrogens (tertiary/aromatic N) is 1. The van der Waals surface area contributed by atoms with E-state index >= 15 is 0 Å². The Morgan fingerprint density at radius 1 is 0.286 bits per heavy atom. The van der Waals surface area contributed by atoms with E-state index in [1.165, 1.54) is 60.3 Å². The predicted molar refractivity (Wildman–Crippen MR) is 237 cm³/mol. The van der Waals surface area contributed by atoms with E-state index in [9.17, 15) is 0 Å². The van der Waals surface area contributed by atoms with Crippen LogP contribution in [0.5, 0.6) is 0 Å². The molecule has 0 bridgehead atoms. The fraction of sp³-hybridized carbons (Fsp3) is 0. The van der Waals surface area contributed by atoms with Gasteiger partial charge in [0.15, 0.2) is 0 Å². The van der Waals surface area contributed by atoms with Gasteiger partial charge in [-0.25, -0.2) is 0 Å². The minimum absolute atomic E-state index is 0.865. The molecule has 1 aromatic heterocycles. The van der Waals surface area contributed by atoms with E-state index in [2.05, 4.69) is 205 Å². The molecule has 0 aliphatic carbocycles. The van der Waals surface area contributed by atoms with Gasteiger partial charge in [-0.2, -0.15) is 0 Å². The molecule has 0 saturated carbocycles. The van der Waals surface area contributed by atoms with Gasteiger partial charge in [0, 0.05) is 33.3 Å². The highest BCUT2D eigenvalue weighted by molar-refractivity contribution is 6.17. The van der Waals surface area contributed by atoms with Gasteiger partial charge in [-0.05, 0) is 91.3 Å². The summed E-state index contributed by atoms with van der Waals surface area (Å²) in [6, 6.07) is 76.6. The molecule has 2 heteroatoms. The van der Waals surface area contributed by atoms with Crippen molar-refractivity contribution < 1.29 is 4.42 Å². The van der Waals surface area contributed by atoms with Crippen molar-refractivity contribution in [3.63, 3.8) is 0 Å². The van der Waals surface area contributed by atoms with Gasteiger partial charge in [-0.15, -0.1) is 0 Å². The van der Waals surface area contributed by atoms with Crippen molar-refractivity contribution >= 4 is 71.3 Å². The molecule has 10 aromatic carbocycles. The van der Waals surface area contributed by atoms with Crippen LogP contribution in [-0.2, 0) is 0 Å². The van der Waals surface area contributed by atoms with Crippen LogP contribution >= 0.6 is 0 Å². The Kier molecular flexibility index (Phi) is 7.53. The minimum atomic E-state index is 0.865. The van der Waals surface area contributed by atoms with E-state index in [1.54, 1.807) is 0 Å². The Morgan fingerprint density at radius 3 is 1.62 bits per heavy atom. The third kappa shape index (κ3) is 5.34. The van der Waals surface area contributed by atoms with Crippen molar-refractivity contribution in [1.29, 1.82) is 0 Å². The second-order valence-corrected chi connectivity index (χ2v) is 14.5. The molecular weight excluding hydrogens is 679 g/mol. The number of fused-ring (bicyclic) bond motifs is 7. The van der Waals surface area contributed by atoms with Crippen molar-refractivity contribution in [3.8, 4) is 33.4 Å². The first-order valence-electron chi connectivity index (χ1n) is 19.2. The number of hydrogen-bond acceptors (Lipinski definition) is 2. The molecule has 0 aliphatic rings. The maximum absolute atomic E-state index is 6.52. The number of benzene rings is 10. The van der Waals surface area contributed by atoms with Gasteiger partial charge in [-0.1, -0.05) is 170 Å². The molecule has 0 spiro atoms. The minimum Gasteiger partial charge on any atom is -0.456 e. The van der Waals surface area contributed by atoms with Crippen molar-refractivity contribution in [3.05, 3.63) is 212 Å². The molecule has 0 amide bonds. The molecule has 262 valence electrons. The highest BCUT2D eigenvalue weighted by Crippen LogP contribution is 2.47. The zero-order chi connectivity index (χ0) is 37.0. The Hall–Kier alpha value is -7.42. The third-order valence-corrected chi connectivity index (χ3v) is 11.3. The van der Waals surface area contributed by atoms with E-state index < -0.39 is 0 Å². The molecule has 11 rings (SSSR count). The Labute approximate surface area is 325 Å². The molecule has 0 radical (unpaired) electrons. The summed E-state index contributed by atoms with van der Waals surface area (Å²) in [7, 11) is 0. The van der Waals surface area contributed by atoms with E-state index in [0.29, 0.717) is 0 Å². The molecular formula is C54H35NO. The maximum Gasteiger partial charge on any atom is 0.137 e. The second kappa shape index (κ2) is 13.2. The largest absolute Gasteiger partial charge is 0.456 e. The molecule has 0 unspecified atom stereocenters. The molecule has 0 saturated heterocycles. The average molecular weight is 714 g/mol. The summed E-state index contributed by atoms with van der Waals surface area (Å²) >= 11 is 0. The van der Waals surface area contributed by atoms with Crippen molar-refractivity contribution in [1.82, 2.24) is 0 Å². The van der Waals surface area contributed by atoms with Crippen LogP contribution in [0, 0.1) is 0 Å². The van der Waals surface area contributed by atoms with Crippen LogP contribution in [-0.4, -0.2) is 0 Å². The van der Waals surface area contributed by atoms with Gasteiger partial charge in [0.2, 0.25) is 0 Å². The lowest BCUT2D eigenvalue weighted by Crippen LogP contribution is -2.11. The van der Waals surface area contributed by atoms with Gasteiger partial charge >= 0.3 is 0 Å². The fourth-order valence-corrected chi connectivity index (χ4v) is 8.54. The third-order valence-electron chi connectivity index (χ3n) is 11.3. The number of hydrogen-bond donors (Lipinski definition) is 0. The average Bonchev–Trinajstić information content (AvgIpc) is 3.65. The normalized spacial score (nSPS) is 11.6. The van der Waals surface area contributed by atoms with Crippen LogP contribution in [0.3, 0.4) is 0 Å². The molecule has 1 heterocycles. The summed E-state index contributed by atoms with van der Waals surface area (Å²) in [5.41, 5.74) is 12.2. The lowest BCUT2D eigenvalue weighted by molar-refractivity contribution is 0.669. The van der Waals surface area contributed by atoms with E-state index in [-0.39, 0.29) is 0 Å². The van der Waals surface area contributed by atoms with Crippen LogP contribution < -0.4 is 4.90 Å². The van der Waals surface area contributed by atoms with Crippen LogP contribution in [0.1, 0.15) is 0 Å². The van der Waals surface area contributed by atoms with E-state index in [1.807, 2.05) is 12.1 Å².